The number of imidazole rings is 1. The molecule has 1 aromatic heterocycles. The average Bonchev–Trinajstić information content (AvgIpc) is 3.01. The predicted molar refractivity (Wildman–Crippen MR) is 67.8 cm³/mol. The number of fused-ring (bicyclic) bond motifs is 1. The Kier molecular flexibility index (Phi) is 2.63. The molecule has 0 saturated heterocycles. The molecule has 0 unspecified atom stereocenters. The molecular weight excluding hydrogens is 212 g/mol. The van der Waals surface area contributed by atoms with Crippen LogP contribution in [0.4, 0.5) is 0 Å². The number of hydrogen-bond acceptors (Lipinski definition) is 2. The van der Waals surface area contributed by atoms with E-state index in [0.29, 0.717) is 6.61 Å². The van der Waals surface area contributed by atoms with Gasteiger partial charge in [0.1, 0.15) is 5.82 Å². The van der Waals surface area contributed by atoms with Crippen LogP contribution in [0.25, 0.3) is 11.0 Å². The molecule has 0 spiro atoms. The molecule has 3 nitrogen and oxygen atoms in total. The van der Waals surface area contributed by atoms with E-state index in [1.807, 2.05) is 18.2 Å². The highest BCUT2D eigenvalue weighted by Crippen LogP contribution is 2.49. The van der Waals surface area contributed by atoms with Crippen LogP contribution in [-0.4, -0.2) is 21.7 Å². The number of aromatic nitrogens is 2. The van der Waals surface area contributed by atoms with Gasteiger partial charge in [0.2, 0.25) is 0 Å². The summed E-state index contributed by atoms with van der Waals surface area (Å²) in [5, 5.41) is 9.24. The van der Waals surface area contributed by atoms with Crippen LogP contribution < -0.4 is 0 Å². The van der Waals surface area contributed by atoms with Gasteiger partial charge in [0.15, 0.2) is 0 Å². The lowest BCUT2D eigenvalue weighted by Gasteiger charge is -2.09. The normalized spacial score (nSPS) is 17.5. The van der Waals surface area contributed by atoms with Crippen molar-refractivity contribution in [3.05, 3.63) is 30.1 Å². The number of aliphatic hydroxyl groups excluding tert-OH is 1. The van der Waals surface area contributed by atoms with Crippen LogP contribution in [0.3, 0.4) is 0 Å². The largest absolute Gasteiger partial charge is 0.396 e. The van der Waals surface area contributed by atoms with E-state index < -0.39 is 0 Å². The smallest absolute Gasteiger partial charge is 0.107 e. The zero-order chi connectivity index (χ0) is 11.7. The van der Waals surface area contributed by atoms with Crippen LogP contribution >= 0.6 is 0 Å². The van der Waals surface area contributed by atoms with Crippen molar-refractivity contribution in [2.75, 3.05) is 6.61 Å². The fourth-order valence-electron chi connectivity index (χ4n) is 2.42. The first kappa shape index (κ1) is 10.8. The van der Waals surface area contributed by atoms with Gasteiger partial charge in [0.25, 0.3) is 0 Å². The molecule has 1 aromatic carbocycles. The number of rotatable bonds is 5. The van der Waals surface area contributed by atoms with Gasteiger partial charge in [-0.3, -0.25) is 0 Å². The Morgan fingerprint density at radius 2 is 2.12 bits per heavy atom. The minimum absolute atomic E-state index is 0.270. The Labute approximate surface area is 101 Å². The van der Waals surface area contributed by atoms with E-state index in [9.17, 15) is 5.11 Å². The molecule has 1 aliphatic rings. The van der Waals surface area contributed by atoms with Crippen molar-refractivity contribution in [2.24, 2.45) is 5.41 Å². The number of nitrogens with zero attached hydrogens (tertiary/aromatic N) is 1. The lowest BCUT2D eigenvalue weighted by atomic mass is 10.0. The molecule has 0 radical (unpaired) electrons. The second-order valence-corrected chi connectivity index (χ2v) is 5.21. The molecule has 3 rings (SSSR count). The number of para-hydroxylation sites is 2. The van der Waals surface area contributed by atoms with Gasteiger partial charge in [0, 0.05) is 13.0 Å². The summed E-state index contributed by atoms with van der Waals surface area (Å²) in [6, 6.07) is 8.13. The minimum atomic E-state index is 0.270. The number of hydrogen-bond donors (Lipinski definition) is 2. The van der Waals surface area contributed by atoms with Gasteiger partial charge in [-0.2, -0.15) is 0 Å². The fraction of sp³-hybridized carbons (Fsp3) is 0.500. The molecule has 3 heteroatoms. The van der Waals surface area contributed by atoms with Crippen LogP contribution in [0.1, 0.15) is 31.5 Å². The molecule has 0 amide bonds. The molecule has 2 N–H and O–H groups in total. The number of H-pyrrole nitrogens is 1. The highest BCUT2D eigenvalue weighted by molar-refractivity contribution is 5.74. The summed E-state index contributed by atoms with van der Waals surface area (Å²) in [6.45, 7) is 0.354. The quantitative estimate of drug-likeness (QED) is 0.829. The van der Waals surface area contributed by atoms with Crippen LogP contribution in [-0.2, 0) is 6.42 Å². The van der Waals surface area contributed by atoms with Crippen LogP contribution in [0, 0.1) is 5.41 Å². The zero-order valence-electron chi connectivity index (χ0n) is 9.95. The van der Waals surface area contributed by atoms with Crippen molar-refractivity contribution in [2.45, 2.75) is 32.1 Å². The van der Waals surface area contributed by atoms with Crippen molar-refractivity contribution in [3.63, 3.8) is 0 Å². The number of aliphatic hydroxyl groups is 1. The maximum Gasteiger partial charge on any atom is 0.107 e. The standard InChI is InChI=1S/C14H18N2O/c17-10-14(8-9-14)7-3-6-13-15-11-4-1-2-5-12(11)16-13/h1-2,4-5,17H,3,6-10H2,(H,15,16). The van der Waals surface area contributed by atoms with Gasteiger partial charge in [0.05, 0.1) is 11.0 Å². The van der Waals surface area contributed by atoms with Crippen molar-refractivity contribution in [3.8, 4) is 0 Å². The Morgan fingerprint density at radius 1 is 1.29 bits per heavy atom. The SMILES string of the molecule is OCC1(CCCc2nc3ccccc3[nH]2)CC1. The number of aromatic amines is 1. The van der Waals surface area contributed by atoms with E-state index in [0.717, 1.165) is 36.1 Å². The Morgan fingerprint density at radius 3 is 2.82 bits per heavy atom. The van der Waals surface area contributed by atoms with E-state index in [4.69, 9.17) is 0 Å². The molecule has 1 fully saturated rings. The first-order valence-electron chi connectivity index (χ1n) is 6.36. The third-order valence-electron chi connectivity index (χ3n) is 3.85. The average molecular weight is 230 g/mol. The maximum absolute atomic E-state index is 9.24. The van der Waals surface area contributed by atoms with Gasteiger partial charge < -0.3 is 10.1 Å². The van der Waals surface area contributed by atoms with Crippen LogP contribution in [0.2, 0.25) is 0 Å². The summed E-state index contributed by atoms with van der Waals surface area (Å²) in [6.07, 6.45) is 5.62. The van der Waals surface area contributed by atoms with E-state index in [1.165, 1.54) is 12.8 Å². The topological polar surface area (TPSA) is 48.9 Å². The molecule has 17 heavy (non-hydrogen) atoms. The van der Waals surface area contributed by atoms with Crippen molar-refractivity contribution in [1.29, 1.82) is 0 Å². The molecule has 1 heterocycles. The number of benzene rings is 1. The van der Waals surface area contributed by atoms with Gasteiger partial charge in [-0.25, -0.2) is 4.98 Å². The van der Waals surface area contributed by atoms with Crippen LogP contribution in [0.5, 0.6) is 0 Å². The van der Waals surface area contributed by atoms with Gasteiger partial charge in [-0.1, -0.05) is 12.1 Å². The second kappa shape index (κ2) is 4.15. The molecule has 90 valence electrons. The number of nitrogens with one attached hydrogen (secondary N) is 1. The van der Waals surface area contributed by atoms with E-state index in [2.05, 4.69) is 16.0 Å². The highest BCUT2D eigenvalue weighted by Gasteiger charge is 2.40. The summed E-state index contributed by atoms with van der Waals surface area (Å²) in [5.74, 6) is 1.07. The van der Waals surface area contributed by atoms with Gasteiger partial charge >= 0.3 is 0 Å². The monoisotopic (exact) mass is 230 g/mol. The summed E-state index contributed by atoms with van der Waals surface area (Å²) >= 11 is 0. The van der Waals surface area contributed by atoms with Gasteiger partial charge in [-0.05, 0) is 43.2 Å². The Bertz CT molecular complexity index is 481. The molecule has 0 bridgehead atoms. The zero-order valence-corrected chi connectivity index (χ0v) is 9.95. The van der Waals surface area contributed by atoms with E-state index in [1.54, 1.807) is 0 Å². The lowest BCUT2D eigenvalue weighted by molar-refractivity contribution is 0.201. The first-order chi connectivity index (χ1) is 8.31. The maximum atomic E-state index is 9.24. The molecule has 0 aliphatic heterocycles. The van der Waals surface area contributed by atoms with E-state index >= 15 is 0 Å². The van der Waals surface area contributed by atoms with Crippen LogP contribution in [0.15, 0.2) is 24.3 Å². The molecule has 1 aliphatic carbocycles. The fourth-order valence-corrected chi connectivity index (χ4v) is 2.42. The summed E-state index contributed by atoms with van der Waals surface area (Å²) in [4.78, 5) is 7.91. The predicted octanol–water partition coefficient (Wildman–Crippen LogP) is 2.66. The molecule has 2 aromatic rings. The van der Waals surface area contributed by atoms with E-state index in [-0.39, 0.29) is 5.41 Å². The van der Waals surface area contributed by atoms with Crippen molar-refractivity contribution < 1.29 is 5.11 Å². The minimum Gasteiger partial charge on any atom is -0.396 e. The number of aryl methyl sites for hydroxylation is 1. The lowest BCUT2D eigenvalue weighted by Crippen LogP contribution is -2.06. The first-order valence-corrected chi connectivity index (χ1v) is 6.36. The summed E-state index contributed by atoms with van der Waals surface area (Å²) in [7, 11) is 0. The highest BCUT2D eigenvalue weighted by atomic mass is 16.3. The molecular formula is C14H18N2O. The third kappa shape index (κ3) is 2.20. The third-order valence-corrected chi connectivity index (χ3v) is 3.85. The Balaban J connectivity index is 1.61. The Hall–Kier alpha value is -1.35. The second-order valence-electron chi connectivity index (χ2n) is 5.21. The summed E-state index contributed by atoms with van der Waals surface area (Å²) < 4.78 is 0. The van der Waals surface area contributed by atoms with Crippen molar-refractivity contribution in [1.82, 2.24) is 9.97 Å². The molecule has 0 atom stereocenters. The molecule has 1 saturated carbocycles. The van der Waals surface area contributed by atoms with Crippen molar-refractivity contribution >= 4 is 11.0 Å². The van der Waals surface area contributed by atoms with Gasteiger partial charge in [-0.15, -0.1) is 0 Å². The summed E-state index contributed by atoms with van der Waals surface area (Å²) in [5.41, 5.74) is 2.43.